The van der Waals surface area contributed by atoms with Gasteiger partial charge in [-0.3, -0.25) is 4.79 Å². The molecule has 1 aromatic rings. The van der Waals surface area contributed by atoms with Crippen molar-refractivity contribution >= 4 is 11.9 Å². The lowest BCUT2D eigenvalue weighted by Crippen LogP contribution is -2.27. The molecule has 1 aromatic heterocycles. The predicted octanol–water partition coefficient (Wildman–Crippen LogP) is -0.447. The fourth-order valence-corrected chi connectivity index (χ4v) is 0.897. The van der Waals surface area contributed by atoms with Crippen molar-refractivity contribution in [2.45, 2.75) is 6.54 Å². The molecule has 76 valence electrons. The Morgan fingerprint density at radius 2 is 2.21 bits per heavy atom. The van der Waals surface area contributed by atoms with Crippen LogP contribution in [0.5, 0.6) is 0 Å². The van der Waals surface area contributed by atoms with Gasteiger partial charge >= 0.3 is 5.97 Å². The Balaban J connectivity index is 2.44. The van der Waals surface area contributed by atoms with E-state index in [4.69, 9.17) is 15.3 Å². The van der Waals surface area contributed by atoms with E-state index in [1.807, 2.05) is 0 Å². The minimum Gasteiger partial charge on any atom is -0.475 e. The maximum absolute atomic E-state index is 10.4. The highest BCUT2D eigenvalue weighted by Crippen LogP contribution is 2.06. The summed E-state index contributed by atoms with van der Waals surface area (Å²) < 4.78 is 4.91. The van der Waals surface area contributed by atoms with E-state index < -0.39 is 11.9 Å². The van der Waals surface area contributed by atoms with Crippen molar-refractivity contribution in [1.82, 2.24) is 5.32 Å². The van der Waals surface area contributed by atoms with Gasteiger partial charge in [-0.1, -0.05) is 0 Å². The Kier molecular flexibility index (Phi) is 3.24. The first-order chi connectivity index (χ1) is 6.59. The summed E-state index contributed by atoms with van der Waals surface area (Å²) in [4.78, 5) is 20.7. The molecule has 0 saturated heterocycles. The van der Waals surface area contributed by atoms with Crippen LogP contribution in [0, 0.1) is 0 Å². The van der Waals surface area contributed by atoms with Crippen molar-refractivity contribution in [2.24, 2.45) is 5.73 Å². The molecule has 6 nitrogen and oxygen atoms in total. The van der Waals surface area contributed by atoms with Crippen LogP contribution in [0.1, 0.15) is 16.3 Å². The summed E-state index contributed by atoms with van der Waals surface area (Å²) in [6.45, 7) is 0.305. The number of amides is 1. The van der Waals surface area contributed by atoms with Crippen LogP contribution >= 0.6 is 0 Å². The number of primary amides is 1. The highest BCUT2D eigenvalue weighted by atomic mass is 16.4. The van der Waals surface area contributed by atoms with Gasteiger partial charge in [0.15, 0.2) is 0 Å². The number of aromatic carboxylic acids is 1. The van der Waals surface area contributed by atoms with Crippen LogP contribution in [0.4, 0.5) is 0 Å². The summed E-state index contributed by atoms with van der Waals surface area (Å²) in [5.74, 6) is -1.27. The monoisotopic (exact) mass is 198 g/mol. The van der Waals surface area contributed by atoms with Crippen LogP contribution in [0.25, 0.3) is 0 Å². The molecule has 1 heterocycles. The van der Waals surface area contributed by atoms with Crippen molar-refractivity contribution in [2.75, 3.05) is 6.54 Å². The first-order valence-corrected chi connectivity index (χ1v) is 3.90. The van der Waals surface area contributed by atoms with Crippen molar-refractivity contribution in [3.05, 3.63) is 23.7 Å². The van der Waals surface area contributed by atoms with Crippen molar-refractivity contribution < 1.29 is 19.1 Å². The van der Waals surface area contributed by atoms with Crippen LogP contribution in [0.2, 0.25) is 0 Å². The van der Waals surface area contributed by atoms with Crippen LogP contribution in [-0.2, 0) is 11.3 Å². The predicted molar refractivity (Wildman–Crippen MR) is 46.6 cm³/mol. The third-order valence-electron chi connectivity index (χ3n) is 1.47. The molecule has 0 radical (unpaired) electrons. The Morgan fingerprint density at radius 3 is 2.71 bits per heavy atom. The Hall–Kier alpha value is -1.82. The summed E-state index contributed by atoms with van der Waals surface area (Å²) in [5, 5.41) is 11.2. The second-order valence-corrected chi connectivity index (χ2v) is 2.64. The van der Waals surface area contributed by atoms with E-state index in [-0.39, 0.29) is 18.8 Å². The van der Waals surface area contributed by atoms with Crippen LogP contribution < -0.4 is 11.1 Å². The van der Waals surface area contributed by atoms with Gasteiger partial charge in [0.2, 0.25) is 11.7 Å². The van der Waals surface area contributed by atoms with Gasteiger partial charge in [-0.25, -0.2) is 4.79 Å². The number of furan rings is 1. The lowest BCUT2D eigenvalue weighted by molar-refractivity contribution is -0.117. The number of hydrogen-bond acceptors (Lipinski definition) is 4. The molecule has 0 aliphatic rings. The minimum atomic E-state index is -1.12. The van der Waals surface area contributed by atoms with Crippen LogP contribution in [0.15, 0.2) is 16.5 Å². The number of nitrogens with two attached hydrogens (primary N) is 1. The van der Waals surface area contributed by atoms with E-state index >= 15 is 0 Å². The molecule has 0 atom stereocenters. The van der Waals surface area contributed by atoms with Crippen molar-refractivity contribution in [3.63, 3.8) is 0 Å². The molecule has 0 aromatic carbocycles. The molecule has 0 aliphatic heterocycles. The number of nitrogens with one attached hydrogen (secondary N) is 1. The SMILES string of the molecule is NC(=O)CNCc1ccc(C(=O)O)o1. The molecule has 6 heteroatoms. The quantitative estimate of drug-likeness (QED) is 0.594. The maximum Gasteiger partial charge on any atom is 0.371 e. The lowest BCUT2D eigenvalue weighted by atomic mass is 10.4. The molecule has 0 aliphatic carbocycles. The zero-order chi connectivity index (χ0) is 10.6. The number of carboxylic acid groups (broad SMARTS) is 1. The van der Waals surface area contributed by atoms with Gasteiger partial charge in [0.05, 0.1) is 13.1 Å². The molecule has 0 spiro atoms. The zero-order valence-electron chi connectivity index (χ0n) is 7.32. The average Bonchev–Trinajstić information content (AvgIpc) is 2.52. The summed E-state index contributed by atoms with van der Waals surface area (Å²) in [7, 11) is 0. The normalized spacial score (nSPS) is 10.0. The highest BCUT2D eigenvalue weighted by Gasteiger charge is 2.08. The average molecular weight is 198 g/mol. The molecular formula is C8H10N2O4. The number of rotatable bonds is 5. The summed E-state index contributed by atoms with van der Waals surface area (Å²) in [5.41, 5.74) is 4.88. The van der Waals surface area contributed by atoms with Gasteiger partial charge in [0, 0.05) is 0 Å². The molecule has 0 saturated carbocycles. The van der Waals surface area contributed by atoms with Crippen LogP contribution in [0.3, 0.4) is 0 Å². The van der Waals surface area contributed by atoms with Crippen molar-refractivity contribution in [1.29, 1.82) is 0 Å². The molecule has 0 unspecified atom stereocenters. The minimum absolute atomic E-state index is 0.0309. The molecule has 0 bridgehead atoms. The van der Waals surface area contributed by atoms with E-state index in [2.05, 4.69) is 5.32 Å². The van der Waals surface area contributed by atoms with E-state index in [0.29, 0.717) is 5.76 Å². The fraction of sp³-hybridized carbons (Fsp3) is 0.250. The molecule has 1 amide bonds. The first kappa shape index (κ1) is 10.3. The van der Waals surface area contributed by atoms with E-state index in [0.717, 1.165) is 0 Å². The van der Waals surface area contributed by atoms with Crippen LogP contribution in [-0.4, -0.2) is 23.5 Å². The number of hydrogen-bond donors (Lipinski definition) is 3. The first-order valence-electron chi connectivity index (χ1n) is 3.90. The van der Waals surface area contributed by atoms with Gasteiger partial charge in [0.1, 0.15) is 5.76 Å². The molecule has 14 heavy (non-hydrogen) atoms. The molecule has 0 fully saturated rings. The Bertz CT molecular complexity index is 345. The number of carbonyl (C=O) groups is 2. The highest BCUT2D eigenvalue weighted by molar-refractivity contribution is 5.84. The fourth-order valence-electron chi connectivity index (χ4n) is 0.897. The van der Waals surface area contributed by atoms with Gasteiger partial charge in [-0.05, 0) is 12.1 Å². The second-order valence-electron chi connectivity index (χ2n) is 2.64. The van der Waals surface area contributed by atoms with E-state index in [9.17, 15) is 9.59 Å². The lowest BCUT2D eigenvalue weighted by Gasteiger charge is -1.97. The summed E-state index contributed by atoms with van der Waals surface area (Å²) >= 11 is 0. The molecule has 4 N–H and O–H groups in total. The third-order valence-corrected chi connectivity index (χ3v) is 1.47. The summed E-state index contributed by atoms with van der Waals surface area (Å²) in [6.07, 6.45) is 0. The largest absolute Gasteiger partial charge is 0.475 e. The Labute approximate surface area is 79.7 Å². The second kappa shape index (κ2) is 4.43. The molecular weight excluding hydrogens is 188 g/mol. The van der Waals surface area contributed by atoms with Gasteiger partial charge in [0.25, 0.3) is 0 Å². The Morgan fingerprint density at radius 1 is 1.50 bits per heavy atom. The standard InChI is InChI=1S/C8H10N2O4/c9-7(11)4-10-3-5-1-2-6(14-5)8(12)13/h1-2,10H,3-4H2,(H2,9,11)(H,12,13). The van der Waals surface area contributed by atoms with Gasteiger partial charge in [-0.15, -0.1) is 0 Å². The maximum atomic E-state index is 10.4. The third kappa shape index (κ3) is 2.91. The van der Waals surface area contributed by atoms with Gasteiger partial charge in [-0.2, -0.15) is 0 Å². The van der Waals surface area contributed by atoms with E-state index in [1.54, 1.807) is 0 Å². The van der Waals surface area contributed by atoms with Crippen molar-refractivity contribution in [3.8, 4) is 0 Å². The smallest absolute Gasteiger partial charge is 0.371 e. The number of carbonyl (C=O) groups excluding carboxylic acids is 1. The summed E-state index contributed by atoms with van der Waals surface area (Å²) in [6, 6.07) is 2.88. The topological polar surface area (TPSA) is 106 Å². The van der Waals surface area contributed by atoms with E-state index in [1.165, 1.54) is 12.1 Å². The zero-order valence-corrected chi connectivity index (χ0v) is 7.32. The number of carboxylic acids is 1. The molecule has 1 rings (SSSR count). The van der Waals surface area contributed by atoms with Gasteiger partial charge < -0.3 is 20.6 Å².